The van der Waals surface area contributed by atoms with Crippen molar-refractivity contribution in [3.8, 4) is 0 Å². The van der Waals surface area contributed by atoms with Crippen molar-refractivity contribution in [2.75, 3.05) is 6.61 Å². The lowest BCUT2D eigenvalue weighted by Crippen LogP contribution is -2.25. The third kappa shape index (κ3) is 3.50. The summed E-state index contributed by atoms with van der Waals surface area (Å²) in [6.45, 7) is 8.22. The van der Waals surface area contributed by atoms with E-state index in [0.29, 0.717) is 12.0 Å². The summed E-state index contributed by atoms with van der Waals surface area (Å²) in [5, 5.41) is 9.79. The van der Waals surface area contributed by atoms with Gasteiger partial charge >= 0.3 is 5.97 Å². The molecule has 0 aromatic rings. The van der Waals surface area contributed by atoms with Crippen molar-refractivity contribution >= 4 is 5.97 Å². The van der Waals surface area contributed by atoms with Crippen molar-refractivity contribution in [3.63, 3.8) is 0 Å². The van der Waals surface area contributed by atoms with Crippen LogP contribution in [0.15, 0.2) is 35.5 Å². The summed E-state index contributed by atoms with van der Waals surface area (Å²) < 4.78 is 11.4. The Kier molecular flexibility index (Phi) is 4.97. The average Bonchev–Trinajstić information content (AvgIpc) is 3.16. The quantitative estimate of drug-likeness (QED) is 0.346. The van der Waals surface area contributed by atoms with E-state index >= 15 is 0 Å². The van der Waals surface area contributed by atoms with Crippen LogP contribution in [0.4, 0.5) is 0 Å². The summed E-state index contributed by atoms with van der Waals surface area (Å²) in [6, 6.07) is 0. The molecule has 3 rings (SSSR count). The average molecular weight is 332 g/mol. The van der Waals surface area contributed by atoms with Crippen LogP contribution in [-0.4, -0.2) is 35.5 Å². The lowest BCUT2D eigenvalue weighted by molar-refractivity contribution is -0.139. The van der Waals surface area contributed by atoms with E-state index in [9.17, 15) is 9.90 Å². The Bertz CT molecular complexity index is 588. The Morgan fingerprint density at radius 2 is 2.04 bits per heavy atom. The predicted octanol–water partition coefficient (Wildman–Crippen LogP) is 3.46. The van der Waals surface area contributed by atoms with Gasteiger partial charge in [-0.1, -0.05) is 29.9 Å². The van der Waals surface area contributed by atoms with Crippen LogP contribution < -0.4 is 0 Å². The molecular weight excluding hydrogens is 304 g/mol. The van der Waals surface area contributed by atoms with Gasteiger partial charge in [-0.2, -0.15) is 0 Å². The lowest BCUT2D eigenvalue weighted by Gasteiger charge is -2.18. The normalized spacial score (nSPS) is 41.9. The highest BCUT2D eigenvalue weighted by molar-refractivity contribution is 5.90. The molecule has 4 heteroatoms. The first kappa shape index (κ1) is 17.4. The van der Waals surface area contributed by atoms with E-state index in [2.05, 4.69) is 32.6 Å². The standard InChI is InChI=1S/C20H28O4/c1-13-6-4-7-14(2)10-17-16(15(3)19(22)23-17)11-18-20(12-21,24-18)9-5-8-13/h7-8,16-18,21H,3-6,9-12H2,1-2H3/b13-8+,14-7+/t16-,17+,18-,20+/m1/s1. The highest BCUT2D eigenvalue weighted by Crippen LogP contribution is 2.47. The number of epoxide rings is 1. The van der Waals surface area contributed by atoms with Crippen molar-refractivity contribution in [3.05, 3.63) is 35.5 Å². The number of hydrogen-bond donors (Lipinski definition) is 1. The molecule has 2 heterocycles. The number of allylic oxidation sites excluding steroid dienone is 3. The van der Waals surface area contributed by atoms with Gasteiger partial charge in [0.1, 0.15) is 11.7 Å². The minimum absolute atomic E-state index is 0.0119. The van der Waals surface area contributed by atoms with Crippen LogP contribution in [0.2, 0.25) is 0 Å². The van der Waals surface area contributed by atoms with E-state index in [1.807, 2.05) is 0 Å². The number of carbonyl (C=O) groups excluding carboxylic acids is 1. The molecule has 0 unspecified atom stereocenters. The SMILES string of the molecule is C=C1C(=O)O[C@H]2C/C(C)=C/CC/C(C)=C/CC[C@@]3(CO)O[C@@H]3C[C@H]12. The maximum Gasteiger partial charge on any atom is 0.334 e. The number of fused-ring (bicyclic) bond motifs is 2. The summed E-state index contributed by atoms with van der Waals surface area (Å²) >= 11 is 0. The van der Waals surface area contributed by atoms with Crippen LogP contribution in [-0.2, 0) is 14.3 Å². The summed E-state index contributed by atoms with van der Waals surface area (Å²) in [4.78, 5) is 12.0. The molecule has 1 aliphatic carbocycles. The van der Waals surface area contributed by atoms with Crippen LogP contribution in [0.1, 0.15) is 52.4 Å². The van der Waals surface area contributed by atoms with E-state index in [4.69, 9.17) is 9.47 Å². The Hall–Kier alpha value is -1.39. The zero-order valence-corrected chi connectivity index (χ0v) is 14.7. The molecule has 0 radical (unpaired) electrons. The van der Waals surface area contributed by atoms with Crippen LogP contribution in [0.25, 0.3) is 0 Å². The molecule has 0 amide bonds. The van der Waals surface area contributed by atoms with Gasteiger partial charge in [0.2, 0.25) is 0 Å². The lowest BCUT2D eigenvalue weighted by atomic mass is 9.85. The van der Waals surface area contributed by atoms with E-state index in [1.165, 1.54) is 11.1 Å². The smallest absolute Gasteiger partial charge is 0.334 e. The second-order valence-corrected chi connectivity index (χ2v) is 7.52. The summed E-state index contributed by atoms with van der Waals surface area (Å²) in [5.74, 6) is -0.297. The van der Waals surface area contributed by atoms with E-state index in [-0.39, 0.29) is 30.7 Å². The van der Waals surface area contributed by atoms with Crippen molar-refractivity contribution in [2.45, 2.75) is 70.2 Å². The van der Waals surface area contributed by atoms with Gasteiger partial charge in [-0.3, -0.25) is 0 Å². The number of ether oxygens (including phenoxy) is 2. The Morgan fingerprint density at radius 3 is 2.79 bits per heavy atom. The number of carbonyl (C=O) groups is 1. The molecule has 132 valence electrons. The summed E-state index contributed by atoms with van der Waals surface area (Å²) in [6.07, 6.45) is 9.57. The molecule has 1 N–H and O–H groups in total. The second-order valence-electron chi connectivity index (χ2n) is 7.52. The van der Waals surface area contributed by atoms with Gasteiger partial charge in [-0.05, 0) is 46.0 Å². The number of rotatable bonds is 1. The first-order valence-corrected chi connectivity index (χ1v) is 8.95. The van der Waals surface area contributed by atoms with E-state index in [0.717, 1.165) is 32.1 Å². The number of aliphatic hydroxyl groups excluding tert-OH is 1. The monoisotopic (exact) mass is 332 g/mol. The van der Waals surface area contributed by atoms with Gasteiger partial charge in [0.05, 0.1) is 12.7 Å². The summed E-state index contributed by atoms with van der Waals surface area (Å²) in [7, 11) is 0. The molecule has 4 atom stereocenters. The van der Waals surface area contributed by atoms with E-state index < -0.39 is 5.60 Å². The molecule has 0 saturated carbocycles. The van der Waals surface area contributed by atoms with Gasteiger partial charge in [-0.25, -0.2) is 4.79 Å². The first-order chi connectivity index (χ1) is 11.4. The fourth-order valence-electron chi connectivity index (χ4n) is 3.94. The van der Waals surface area contributed by atoms with Crippen LogP contribution in [0.3, 0.4) is 0 Å². The largest absolute Gasteiger partial charge is 0.458 e. The minimum atomic E-state index is -0.442. The molecular formula is C20H28O4. The third-order valence-electron chi connectivity index (χ3n) is 5.67. The fourth-order valence-corrected chi connectivity index (χ4v) is 3.94. The van der Waals surface area contributed by atoms with Gasteiger partial charge in [0, 0.05) is 17.9 Å². The highest BCUT2D eigenvalue weighted by Gasteiger charge is 2.57. The fraction of sp³-hybridized carbons (Fsp3) is 0.650. The molecule has 2 saturated heterocycles. The Morgan fingerprint density at radius 1 is 1.29 bits per heavy atom. The molecule has 0 bridgehead atoms. The van der Waals surface area contributed by atoms with Crippen LogP contribution in [0.5, 0.6) is 0 Å². The molecule has 24 heavy (non-hydrogen) atoms. The third-order valence-corrected chi connectivity index (χ3v) is 5.67. The molecule has 2 fully saturated rings. The van der Waals surface area contributed by atoms with Crippen LogP contribution >= 0.6 is 0 Å². The molecule has 4 nitrogen and oxygen atoms in total. The van der Waals surface area contributed by atoms with Gasteiger partial charge in [-0.15, -0.1) is 0 Å². The number of esters is 1. The zero-order valence-electron chi connectivity index (χ0n) is 14.7. The highest BCUT2D eigenvalue weighted by atomic mass is 16.6. The van der Waals surface area contributed by atoms with Crippen LogP contribution in [0, 0.1) is 5.92 Å². The maximum absolute atomic E-state index is 12.0. The van der Waals surface area contributed by atoms with Gasteiger partial charge in [0.15, 0.2) is 0 Å². The molecule has 3 aliphatic rings. The molecule has 0 aromatic heterocycles. The maximum atomic E-state index is 12.0. The summed E-state index contributed by atoms with van der Waals surface area (Å²) in [5.41, 5.74) is 2.74. The molecule has 0 spiro atoms. The topological polar surface area (TPSA) is 59.1 Å². The van der Waals surface area contributed by atoms with Crippen molar-refractivity contribution in [1.82, 2.24) is 0 Å². The van der Waals surface area contributed by atoms with Gasteiger partial charge in [0.25, 0.3) is 0 Å². The predicted molar refractivity (Wildman–Crippen MR) is 92.4 cm³/mol. The zero-order chi connectivity index (χ0) is 17.3. The number of aliphatic hydroxyl groups is 1. The Balaban J connectivity index is 1.80. The number of hydrogen-bond acceptors (Lipinski definition) is 4. The van der Waals surface area contributed by atoms with E-state index in [1.54, 1.807) is 0 Å². The van der Waals surface area contributed by atoms with Crippen molar-refractivity contribution in [2.24, 2.45) is 5.92 Å². The minimum Gasteiger partial charge on any atom is -0.458 e. The molecule has 0 aromatic carbocycles. The Labute approximate surface area is 144 Å². The molecule has 2 aliphatic heterocycles. The van der Waals surface area contributed by atoms with Gasteiger partial charge < -0.3 is 14.6 Å². The second kappa shape index (κ2) is 6.85. The van der Waals surface area contributed by atoms with Crippen molar-refractivity contribution < 1.29 is 19.4 Å². The first-order valence-electron chi connectivity index (χ1n) is 8.95. The van der Waals surface area contributed by atoms with Crippen molar-refractivity contribution in [1.29, 1.82) is 0 Å².